The number of nitrogens with one attached hydrogen (secondary N) is 3. The lowest BCUT2D eigenvalue weighted by Gasteiger charge is -2.05. The summed E-state index contributed by atoms with van der Waals surface area (Å²) >= 11 is 0. The molecular formula is C9H12N6O6. The Bertz CT molecular complexity index is 427. The molecule has 0 aromatic heterocycles. The van der Waals surface area contributed by atoms with Crippen molar-refractivity contribution in [2.24, 2.45) is 15.0 Å². The first-order valence-corrected chi connectivity index (χ1v) is 5.21. The van der Waals surface area contributed by atoms with E-state index in [1.165, 1.54) is 18.2 Å². The number of rotatable bonds is 5. The molecule has 0 radical (unpaired) electrons. The minimum Gasteiger partial charge on any atom is -0.320 e. The molecule has 12 nitrogen and oxygen atoms in total. The zero-order chi connectivity index (χ0) is 16.3. The highest BCUT2D eigenvalue weighted by Gasteiger charge is 2.03. The van der Waals surface area contributed by atoms with Gasteiger partial charge in [-0.05, 0) is 6.92 Å². The molecule has 0 spiro atoms. The van der Waals surface area contributed by atoms with E-state index in [1.54, 1.807) is 12.4 Å². The largest absolute Gasteiger partial charge is 0.433 e. The summed E-state index contributed by atoms with van der Waals surface area (Å²) in [5.74, 6) is 0. The highest BCUT2D eigenvalue weighted by molar-refractivity contribution is 5.75. The molecule has 0 heterocycles. The standard InChI is InChI=1S/C6H7N5O5.C3H5NO/c12-3-7-1-9-5(14)11-16-6(15)10-2-8-4-13;1-2-4-3-5/h1-2H2,(H,10,15)(H2,9,11,14);2H2,1H3. The van der Waals surface area contributed by atoms with Crippen molar-refractivity contribution in [2.75, 3.05) is 19.9 Å². The molecule has 114 valence electrons. The molecule has 0 bridgehead atoms. The quantitative estimate of drug-likeness (QED) is 0.329. The van der Waals surface area contributed by atoms with Gasteiger partial charge in [-0.15, -0.1) is 0 Å². The third-order valence-electron chi connectivity index (χ3n) is 1.21. The van der Waals surface area contributed by atoms with Crippen LogP contribution in [0.2, 0.25) is 0 Å². The number of hydrogen-bond acceptors (Lipinski definition) is 9. The molecule has 0 aromatic rings. The number of aliphatic imine (C=N–C) groups is 3. The predicted octanol–water partition coefficient (Wildman–Crippen LogP) is -1.14. The number of isocyanates is 3. The molecule has 12 heteroatoms. The predicted molar refractivity (Wildman–Crippen MR) is 65.9 cm³/mol. The van der Waals surface area contributed by atoms with E-state index in [2.05, 4.69) is 19.8 Å². The first-order chi connectivity index (χ1) is 10.1. The lowest BCUT2D eigenvalue weighted by Crippen LogP contribution is -2.39. The SMILES string of the molecule is CCN=C=O.O=C=NCNC(=O)NOC(=O)NCN=C=O. The summed E-state index contributed by atoms with van der Waals surface area (Å²) in [7, 11) is 0. The highest BCUT2D eigenvalue weighted by atomic mass is 16.7. The first kappa shape index (κ1) is 20.0. The third kappa shape index (κ3) is 19.2. The van der Waals surface area contributed by atoms with Crippen molar-refractivity contribution >= 4 is 30.4 Å². The molecule has 0 saturated heterocycles. The topological polar surface area (TPSA) is 168 Å². The van der Waals surface area contributed by atoms with Crippen LogP contribution >= 0.6 is 0 Å². The van der Waals surface area contributed by atoms with Crippen LogP contribution in [0.25, 0.3) is 0 Å². The molecule has 0 aliphatic rings. The summed E-state index contributed by atoms with van der Waals surface area (Å²) in [6.45, 7) is 1.71. The maximum absolute atomic E-state index is 10.7. The van der Waals surface area contributed by atoms with Gasteiger partial charge in [0.1, 0.15) is 13.3 Å². The van der Waals surface area contributed by atoms with E-state index in [0.717, 1.165) is 0 Å². The van der Waals surface area contributed by atoms with Crippen molar-refractivity contribution in [3.63, 3.8) is 0 Å². The molecule has 0 atom stereocenters. The molecule has 0 aliphatic heterocycles. The fraction of sp³-hybridized carbons (Fsp3) is 0.444. The number of nitrogens with zero attached hydrogens (tertiary/aromatic N) is 3. The van der Waals surface area contributed by atoms with Crippen molar-refractivity contribution in [3.8, 4) is 0 Å². The molecule has 0 aromatic carbocycles. The molecule has 0 aliphatic carbocycles. The number of urea groups is 1. The van der Waals surface area contributed by atoms with Crippen LogP contribution in [0, 0.1) is 0 Å². The maximum Gasteiger partial charge on any atom is 0.433 e. The van der Waals surface area contributed by atoms with Crippen LogP contribution in [0.5, 0.6) is 0 Å². The van der Waals surface area contributed by atoms with E-state index in [4.69, 9.17) is 4.79 Å². The van der Waals surface area contributed by atoms with E-state index >= 15 is 0 Å². The summed E-state index contributed by atoms with van der Waals surface area (Å²) in [6, 6.07) is -0.881. The Morgan fingerprint density at radius 1 is 0.952 bits per heavy atom. The lowest BCUT2D eigenvalue weighted by molar-refractivity contribution is 0.100. The van der Waals surface area contributed by atoms with E-state index < -0.39 is 12.1 Å². The summed E-state index contributed by atoms with van der Waals surface area (Å²) in [4.78, 5) is 63.1. The molecule has 0 rings (SSSR count). The highest BCUT2D eigenvalue weighted by Crippen LogP contribution is 1.73. The molecule has 3 amide bonds. The van der Waals surface area contributed by atoms with E-state index in [0.29, 0.717) is 6.54 Å². The normalized spacial score (nSPS) is 7.29. The van der Waals surface area contributed by atoms with E-state index in [9.17, 15) is 19.2 Å². The fourth-order valence-electron chi connectivity index (χ4n) is 0.509. The lowest BCUT2D eigenvalue weighted by atomic mass is 10.8. The first-order valence-electron chi connectivity index (χ1n) is 5.21. The van der Waals surface area contributed by atoms with Gasteiger partial charge in [0.15, 0.2) is 0 Å². The Labute approximate surface area is 118 Å². The molecule has 0 unspecified atom stereocenters. The van der Waals surface area contributed by atoms with Crippen LogP contribution in [-0.4, -0.2) is 50.2 Å². The number of hydrogen-bond donors (Lipinski definition) is 3. The van der Waals surface area contributed by atoms with E-state index in [1.807, 2.05) is 10.6 Å². The van der Waals surface area contributed by atoms with Crippen LogP contribution < -0.4 is 16.1 Å². The van der Waals surface area contributed by atoms with Gasteiger partial charge in [0.25, 0.3) is 0 Å². The summed E-state index contributed by atoms with van der Waals surface area (Å²) < 4.78 is 0. The molecule has 0 fully saturated rings. The average molecular weight is 300 g/mol. The Morgan fingerprint density at radius 3 is 1.90 bits per heavy atom. The van der Waals surface area contributed by atoms with Crippen molar-refractivity contribution in [1.82, 2.24) is 16.1 Å². The second kappa shape index (κ2) is 16.7. The summed E-state index contributed by atoms with van der Waals surface area (Å²) in [5.41, 5.74) is 1.68. The zero-order valence-corrected chi connectivity index (χ0v) is 10.9. The van der Waals surface area contributed by atoms with Gasteiger partial charge in [-0.1, -0.05) is 0 Å². The summed E-state index contributed by atoms with van der Waals surface area (Å²) in [5, 5.41) is 4.02. The van der Waals surface area contributed by atoms with Gasteiger partial charge in [-0.2, -0.15) is 15.5 Å². The van der Waals surface area contributed by atoms with Crippen molar-refractivity contribution < 1.29 is 28.8 Å². The van der Waals surface area contributed by atoms with Gasteiger partial charge < -0.3 is 10.2 Å². The summed E-state index contributed by atoms with van der Waals surface area (Å²) in [6.07, 6.45) is 2.74. The Kier molecular flexibility index (Phi) is 15.9. The Morgan fingerprint density at radius 2 is 1.48 bits per heavy atom. The van der Waals surface area contributed by atoms with Gasteiger partial charge in [0.2, 0.25) is 18.2 Å². The van der Waals surface area contributed by atoms with Gasteiger partial charge in [-0.25, -0.2) is 29.0 Å². The van der Waals surface area contributed by atoms with E-state index in [-0.39, 0.29) is 13.3 Å². The van der Waals surface area contributed by atoms with Crippen LogP contribution in [-0.2, 0) is 19.2 Å². The monoisotopic (exact) mass is 300 g/mol. The molecule has 0 saturated carbocycles. The van der Waals surface area contributed by atoms with Crippen LogP contribution in [0.15, 0.2) is 15.0 Å². The smallest absolute Gasteiger partial charge is 0.320 e. The van der Waals surface area contributed by atoms with Gasteiger partial charge in [-0.3, -0.25) is 5.32 Å². The van der Waals surface area contributed by atoms with Crippen LogP contribution in [0.3, 0.4) is 0 Å². The Balaban J connectivity index is 0. The van der Waals surface area contributed by atoms with Gasteiger partial charge >= 0.3 is 12.1 Å². The molecule has 3 N–H and O–H groups in total. The fourth-order valence-corrected chi connectivity index (χ4v) is 0.509. The number of carbonyl (C=O) groups is 2. The second-order valence-electron chi connectivity index (χ2n) is 2.55. The minimum absolute atomic E-state index is 0.296. The Hall–Kier alpha value is -3.32. The van der Waals surface area contributed by atoms with Gasteiger partial charge in [0.05, 0.1) is 0 Å². The number of carbonyl (C=O) groups excluding carboxylic acids is 5. The third-order valence-corrected chi connectivity index (χ3v) is 1.21. The number of hydroxylamine groups is 1. The van der Waals surface area contributed by atoms with Crippen LogP contribution in [0.1, 0.15) is 6.92 Å². The minimum atomic E-state index is -1.02. The average Bonchev–Trinajstić information content (AvgIpc) is 2.47. The second-order valence-corrected chi connectivity index (χ2v) is 2.55. The maximum atomic E-state index is 10.7. The molecular weight excluding hydrogens is 288 g/mol. The molecule has 21 heavy (non-hydrogen) atoms. The van der Waals surface area contributed by atoms with Gasteiger partial charge in [0, 0.05) is 6.54 Å². The van der Waals surface area contributed by atoms with Crippen molar-refractivity contribution in [3.05, 3.63) is 0 Å². The zero-order valence-electron chi connectivity index (χ0n) is 10.9. The van der Waals surface area contributed by atoms with Crippen LogP contribution in [0.4, 0.5) is 9.59 Å². The van der Waals surface area contributed by atoms with Crippen molar-refractivity contribution in [2.45, 2.75) is 6.92 Å². The van der Waals surface area contributed by atoms with Crippen molar-refractivity contribution in [1.29, 1.82) is 0 Å². The number of amides is 3.